The normalized spacial score (nSPS) is 9.27. The number of carbonyl (C=O) groups is 1. The molecule has 0 saturated carbocycles. The van der Waals surface area contributed by atoms with E-state index in [-0.39, 0.29) is 3.92 Å². The Balaban J connectivity index is 2.85. The average Bonchev–Trinajstić information content (AvgIpc) is 2.05. The number of rotatable bonds is 1. The van der Waals surface area contributed by atoms with Crippen LogP contribution in [0.3, 0.4) is 0 Å². The minimum atomic E-state index is 0.182. The Bertz CT molecular complexity index is 248. The number of carbonyl (C=O) groups excluding carboxylic acids is 1. The summed E-state index contributed by atoms with van der Waals surface area (Å²) in [6.45, 7) is 0. The Labute approximate surface area is 79.3 Å². The van der Waals surface area contributed by atoms with Crippen molar-refractivity contribution >= 4 is 32.1 Å². The molecule has 0 heterocycles. The Morgan fingerprint density at radius 3 is 2.36 bits per heavy atom. The minimum absolute atomic E-state index is 0.182. The summed E-state index contributed by atoms with van der Waals surface area (Å²) < 4.78 is 0.182. The summed E-state index contributed by atoms with van der Waals surface area (Å²) >= 11 is 0.637. The molecule has 0 aliphatic rings. The number of para-hydroxylation sites is 1. The molecule has 2 nitrogen and oxygen atoms in total. The zero-order chi connectivity index (χ0) is 8.27. The quantitative estimate of drug-likeness (QED) is 0.688. The van der Waals surface area contributed by atoms with Crippen LogP contribution in [-0.2, 0) is 0 Å². The van der Waals surface area contributed by atoms with Crippen LogP contribution in [0.25, 0.3) is 0 Å². The fourth-order valence-electron chi connectivity index (χ4n) is 0.779. The summed E-state index contributed by atoms with van der Waals surface area (Å²) in [4.78, 5) is 12.6. The van der Waals surface area contributed by atoms with Gasteiger partial charge in [0.05, 0.1) is 0 Å². The average molecular weight is 254 g/mol. The fraction of sp³-hybridized carbons (Fsp3) is 0.125. The van der Waals surface area contributed by atoms with Crippen molar-refractivity contribution in [2.45, 2.75) is 0 Å². The van der Waals surface area contributed by atoms with Gasteiger partial charge in [-0.15, -0.1) is 0 Å². The number of hydrogen-bond donors (Lipinski definition) is 0. The van der Waals surface area contributed by atoms with Crippen LogP contribution in [0, 0.1) is 0 Å². The molecule has 1 amide bonds. The van der Waals surface area contributed by atoms with Crippen molar-refractivity contribution in [1.82, 2.24) is 0 Å². The molecule has 0 spiro atoms. The van der Waals surface area contributed by atoms with Crippen molar-refractivity contribution in [3.05, 3.63) is 30.3 Å². The van der Waals surface area contributed by atoms with E-state index in [1.807, 2.05) is 30.3 Å². The second kappa shape index (κ2) is 3.76. The molecule has 0 N–H and O–H groups in total. The van der Waals surface area contributed by atoms with Gasteiger partial charge < -0.3 is 0 Å². The van der Waals surface area contributed by atoms with Crippen molar-refractivity contribution in [3.63, 3.8) is 0 Å². The summed E-state index contributed by atoms with van der Waals surface area (Å²) in [6, 6.07) is 9.64. The molecule has 1 aromatic carbocycles. The van der Waals surface area contributed by atoms with Crippen molar-refractivity contribution < 1.29 is 4.79 Å². The van der Waals surface area contributed by atoms with Crippen LogP contribution in [0.4, 0.5) is 10.5 Å². The molecule has 0 aliphatic heterocycles. The number of amides is 1. The predicted octanol–water partition coefficient (Wildman–Crippen LogP) is 1.14. The van der Waals surface area contributed by atoms with Crippen molar-refractivity contribution in [2.24, 2.45) is 0 Å². The Hall–Kier alpha value is -0.511. The molecule has 2 radical (unpaired) electrons. The third-order valence-corrected chi connectivity index (χ3v) is 2.58. The molecule has 1 aromatic rings. The molecule has 1 rings (SSSR count). The molecule has 11 heavy (non-hydrogen) atoms. The Morgan fingerprint density at radius 2 is 1.91 bits per heavy atom. The molecule has 0 fully saturated rings. The third-order valence-electron chi connectivity index (χ3n) is 1.47. The van der Waals surface area contributed by atoms with Crippen LogP contribution < -0.4 is 4.90 Å². The number of hydrogen-bond acceptors (Lipinski definition) is 1. The van der Waals surface area contributed by atoms with Gasteiger partial charge in [-0.05, 0) is 0 Å². The number of nitrogens with zero attached hydrogens (tertiary/aromatic N) is 1. The van der Waals surface area contributed by atoms with Gasteiger partial charge in [0.15, 0.2) is 0 Å². The molecular weight excluding hydrogens is 245 g/mol. The monoisotopic (exact) mass is 255 g/mol. The topological polar surface area (TPSA) is 20.3 Å². The van der Waals surface area contributed by atoms with E-state index in [0.29, 0.717) is 22.5 Å². The van der Waals surface area contributed by atoms with Gasteiger partial charge in [0.25, 0.3) is 0 Å². The van der Waals surface area contributed by atoms with E-state index in [9.17, 15) is 4.79 Å². The molecule has 0 saturated heterocycles. The molecule has 0 bridgehead atoms. The standard InChI is InChI=1S/C8H8NO.Sn.H/c1-9(7-10)8-5-3-2-4-6-8;;/h2-6H,1H3;;. The second-order valence-corrected chi connectivity index (χ2v) is 3.64. The maximum absolute atomic E-state index is 10.9. The van der Waals surface area contributed by atoms with Crippen molar-refractivity contribution in [3.8, 4) is 0 Å². The first-order chi connectivity index (χ1) is 5.22. The van der Waals surface area contributed by atoms with Crippen LogP contribution in [0.5, 0.6) is 0 Å². The summed E-state index contributed by atoms with van der Waals surface area (Å²) in [5, 5.41) is 0. The Kier molecular flexibility index (Phi) is 2.93. The summed E-state index contributed by atoms with van der Waals surface area (Å²) in [6.07, 6.45) is 0. The van der Waals surface area contributed by atoms with Crippen molar-refractivity contribution in [1.29, 1.82) is 0 Å². The van der Waals surface area contributed by atoms with Crippen LogP contribution in [0.2, 0.25) is 0 Å². The van der Waals surface area contributed by atoms with Gasteiger partial charge in [-0.25, -0.2) is 0 Å². The summed E-state index contributed by atoms with van der Waals surface area (Å²) in [5.41, 5.74) is 0.963. The van der Waals surface area contributed by atoms with Crippen LogP contribution >= 0.6 is 0 Å². The fourth-order valence-corrected chi connectivity index (χ4v) is 1.20. The molecule has 0 aliphatic carbocycles. The maximum atomic E-state index is 10.9. The van der Waals surface area contributed by atoms with Crippen molar-refractivity contribution in [2.75, 3.05) is 11.9 Å². The van der Waals surface area contributed by atoms with E-state index in [1.54, 1.807) is 11.9 Å². The summed E-state index contributed by atoms with van der Waals surface area (Å²) in [7, 11) is 1.79. The first kappa shape index (κ1) is 8.58. The third kappa shape index (κ3) is 2.22. The van der Waals surface area contributed by atoms with E-state index < -0.39 is 0 Å². The van der Waals surface area contributed by atoms with Gasteiger partial charge in [0.1, 0.15) is 0 Å². The molecule has 0 unspecified atom stereocenters. The van der Waals surface area contributed by atoms with Crippen LogP contribution in [-0.4, -0.2) is 33.5 Å². The van der Waals surface area contributed by atoms with Gasteiger partial charge >= 0.3 is 79.2 Å². The molecule has 56 valence electrons. The SMILES string of the molecule is CN([C](=O)[SnH])c1ccccc1. The van der Waals surface area contributed by atoms with Crippen LogP contribution in [0.15, 0.2) is 30.3 Å². The van der Waals surface area contributed by atoms with Crippen LogP contribution in [0.1, 0.15) is 0 Å². The zero-order valence-corrected chi connectivity index (χ0v) is 9.62. The zero-order valence-electron chi connectivity index (χ0n) is 6.32. The first-order valence-corrected chi connectivity index (χ1v) is 4.95. The molecule has 0 aromatic heterocycles. The van der Waals surface area contributed by atoms with Gasteiger partial charge in [-0.2, -0.15) is 0 Å². The van der Waals surface area contributed by atoms with E-state index in [2.05, 4.69) is 0 Å². The molecule has 0 atom stereocenters. The second-order valence-electron chi connectivity index (χ2n) is 2.23. The molecule has 3 heteroatoms. The molecular formula is C8H9NOSn. The predicted molar refractivity (Wildman–Crippen MR) is 47.4 cm³/mol. The summed E-state index contributed by atoms with van der Waals surface area (Å²) in [5.74, 6) is 0. The number of benzene rings is 1. The van der Waals surface area contributed by atoms with E-state index >= 15 is 0 Å². The first-order valence-electron chi connectivity index (χ1n) is 3.30. The van der Waals surface area contributed by atoms with E-state index in [0.717, 1.165) is 5.69 Å². The van der Waals surface area contributed by atoms with Gasteiger partial charge in [-0.1, -0.05) is 0 Å². The van der Waals surface area contributed by atoms with Gasteiger partial charge in [0.2, 0.25) is 0 Å². The van der Waals surface area contributed by atoms with E-state index in [1.165, 1.54) is 0 Å². The van der Waals surface area contributed by atoms with Gasteiger partial charge in [0, 0.05) is 0 Å². The number of anilines is 1. The van der Waals surface area contributed by atoms with Gasteiger partial charge in [-0.3, -0.25) is 0 Å². The van der Waals surface area contributed by atoms with E-state index in [4.69, 9.17) is 0 Å². The Morgan fingerprint density at radius 1 is 1.36 bits per heavy atom.